The summed E-state index contributed by atoms with van der Waals surface area (Å²) in [5.41, 5.74) is 1.22. The molecule has 2 aromatic rings. The number of benzene rings is 1. The molecule has 3 atom stereocenters. The zero-order valence-electron chi connectivity index (χ0n) is 14.2. The number of piperidine rings is 1. The molecule has 0 unspecified atom stereocenters. The predicted octanol–water partition coefficient (Wildman–Crippen LogP) is 2.25. The van der Waals surface area contributed by atoms with E-state index >= 15 is 0 Å². The summed E-state index contributed by atoms with van der Waals surface area (Å²) in [6.07, 6.45) is 2.26. The fourth-order valence-electron chi connectivity index (χ4n) is 4.17. The molecule has 3 aliphatic rings. The minimum Gasteiger partial charge on any atom is -0.454 e. The van der Waals surface area contributed by atoms with Crippen LogP contribution in [0.2, 0.25) is 0 Å². The Hall–Kier alpha value is -2.12. The molecule has 2 saturated heterocycles. The van der Waals surface area contributed by atoms with Gasteiger partial charge in [0.15, 0.2) is 17.3 Å². The lowest BCUT2D eigenvalue weighted by atomic mass is 9.89. The number of hydrogen-bond donors (Lipinski definition) is 0. The average molecular weight is 343 g/mol. The molecule has 0 amide bonds. The number of aryl methyl sites for hydroxylation is 1. The van der Waals surface area contributed by atoms with Gasteiger partial charge < -0.3 is 18.7 Å². The van der Waals surface area contributed by atoms with Gasteiger partial charge in [-0.3, -0.25) is 4.90 Å². The van der Waals surface area contributed by atoms with E-state index in [4.69, 9.17) is 18.7 Å². The van der Waals surface area contributed by atoms with E-state index < -0.39 is 0 Å². The summed E-state index contributed by atoms with van der Waals surface area (Å²) in [6.45, 7) is 4.74. The summed E-state index contributed by atoms with van der Waals surface area (Å²) in [5, 5.41) is 3.95. The molecule has 7 heteroatoms. The van der Waals surface area contributed by atoms with Crippen molar-refractivity contribution >= 4 is 0 Å². The smallest absolute Gasteiger partial charge is 0.231 e. The molecule has 1 aromatic heterocycles. The Kier molecular flexibility index (Phi) is 3.64. The quantitative estimate of drug-likeness (QED) is 0.846. The first-order valence-corrected chi connectivity index (χ1v) is 8.80. The molecule has 0 N–H and O–H groups in total. The van der Waals surface area contributed by atoms with Gasteiger partial charge in [0.1, 0.15) is 0 Å². The second-order valence-corrected chi connectivity index (χ2v) is 6.99. The predicted molar refractivity (Wildman–Crippen MR) is 87.5 cm³/mol. The largest absolute Gasteiger partial charge is 0.454 e. The lowest BCUT2D eigenvalue weighted by molar-refractivity contribution is 0.00846. The van der Waals surface area contributed by atoms with Crippen molar-refractivity contribution in [2.45, 2.75) is 44.4 Å². The molecule has 0 aliphatic carbocycles. The van der Waals surface area contributed by atoms with Gasteiger partial charge in [-0.15, -0.1) is 0 Å². The Morgan fingerprint density at radius 1 is 1.24 bits per heavy atom. The normalized spacial score (nSPS) is 28.3. The van der Waals surface area contributed by atoms with Crippen LogP contribution in [0.4, 0.5) is 0 Å². The first-order chi connectivity index (χ1) is 12.3. The highest BCUT2D eigenvalue weighted by molar-refractivity contribution is 5.44. The monoisotopic (exact) mass is 343 g/mol. The molecule has 2 fully saturated rings. The maximum Gasteiger partial charge on any atom is 0.231 e. The summed E-state index contributed by atoms with van der Waals surface area (Å²) in [4.78, 5) is 6.93. The van der Waals surface area contributed by atoms with Crippen LogP contribution in [0.1, 0.15) is 36.0 Å². The van der Waals surface area contributed by atoms with Crippen molar-refractivity contribution < 1.29 is 18.7 Å². The zero-order chi connectivity index (χ0) is 16.8. The number of likely N-dealkylation sites (tertiary alicyclic amines) is 1. The van der Waals surface area contributed by atoms with E-state index in [1.807, 2.05) is 13.0 Å². The number of rotatable bonds is 3. The molecule has 1 aromatic carbocycles. The minimum absolute atomic E-state index is 0.217. The Labute approximate surface area is 145 Å². The first-order valence-electron chi connectivity index (χ1n) is 8.80. The van der Waals surface area contributed by atoms with Gasteiger partial charge in [-0.2, -0.15) is 4.98 Å². The Balaban J connectivity index is 1.38. The zero-order valence-corrected chi connectivity index (χ0v) is 14.2. The van der Waals surface area contributed by atoms with E-state index in [1.165, 1.54) is 5.56 Å². The summed E-state index contributed by atoms with van der Waals surface area (Å²) >= 11 is 0. The van der Waals surface area contributed by atoms with E-state index in [-0.39, 0.29) is 12.0 Å². The number of aromatic nitrogens is 2. The molecule has 5 rings (SSSR count). The third-order valence-electron chi connectivity index (χ3n) is 5.33. The van der Waals surface area contributed by atoms with Gasteiger partial charge in [-0.05, 0) is 37.5 Å². The molecular formula is C18H21N3O4. The van der Waals surface area contributed by atoms with Gasteiger partial charge in [0.05, 0.1) is 12.0 Å². The van der Waals surface area contributed by atoms with E-state index in [2.05, 4.69) is 27.2 Å². The molecule has 132 valence electrons. The minimum atomic E-state index is 0.217. The molecule has 3 aliphatic heterocycles. The average Bonchev–Trinajstić information content (AvgIpc) is 3.33. The maximum absolute atomic E-state index is 5.98. The highest BCUT2D eigenvalue weighted by Gasteiger charge is 2.42. The van der Waals surface area contributed by atoms with Crippen molar-refractivity contribution in [3.05, 3.63) is 35.5 Å². The van der Waals surface area contributed by atoms with Crippen LogP contribution in [0.5, 0.6) is 11.5 Å². The van der Waals surface area contributed by atoms with Gasteiger partial charge in [-0.25, -0.2) is 0 Å². The fourth-order valence-corrected chi connectivity index (χ4v) is 4.17. The van der Waals surface area contributed by atoms with Crippen LogP contribution in [0, 0.1) is 6.92 Å². The number of nitrogens with zero attached hydrogens (tertiary/aromatic N) is 3. The van der Waals surface area contributed by atoms with Gasteiger partial charge in [-0.1, -0.05) is 11.2 Å². The highest BCUT2D eigenvalue weighted by Crippen LogP contribution is 2.38. The van der Waals surface area contributed by atoms with Crippen molar-refractivity contribution in [2.24, 2.45) is 0 Å². The van der Waals surface area contributed by atoms with E-state index in [1.54, 1.807) is 0 Å². The molecule has 0 spiro atoms. The molecule has 25 heavy (non-hydrogen) atoms. The van der Waals surface area contributed by atoms with Crippen LogP contribution in [0.3, 0.4) is 0 Å². The third kappa shape index (κ3) is 2.77. The van der Waals surface area contributed by atoms with Gasteiger partial charge >= 0.3 is 0 Å². The van der Waals surface area contributed by atoms with Crippen LogP contribution in [-0.2, 0) is 11.3 Å². The summed E-state index contributed by atoms with van der Waals surface area (Å²) in [6, 6.07) is 6.63. The molecular weight excluding hydrogens is 322 g/mol. The third-order valence-corrected chi connectivity index (χ3v) is 5.33. The van der Waals surface area contributed by atoms with Crippen molar-refractivity contribution in [1.82, 2.24) is 15.0 Å². The Bertz CT molecular complexity index is 777. The number of ether oxygens (including phenoxy) is 3. The van der Waals surface area contributed by atoms with E-state index in [0.717, 1.165) is 49.9 Å². The van der Waals surface area contributed by atoms with Gasteiger partial charge in [0.25, 0.3) is 0 Å². The van der Waals surface area contributed by atoms with Crippen molar-refractivity contribution in [3.8, 4) is 11.5 Å². The Morgan fingerprint density at radius 3 is 3.04 bits per heavy atom. The second kappa shape index (κ2) is 6.00. The van der Waals surface area contributed by atoms with Crippen molar-refractivity contribution in [2.75, 3.05) is 19.9 Å². The Morgan fingerprint density at radius 2 is 2.16 bits per heavy atom. The maximum atomic E-state index is 5.98. The molecule has 7 nitrogen and oxygen atoms in total. The molecule has 4 heterocycles. The fraction of sp³-hybridized carbons (Fsp3) is 0.556. The second-order valence-electron chi connectivity index (χ2n) is 6.99. The van der Waals surface area contributed by atoms with Crippen molar-refractivity contribution in [3.63, 3.8) is 0 Å². The topological polar surface area (TPSA) is 69.9 Å². The van der Waals surface area contributed by atoms with Crippen LogP contribution in [0.25, 0.3) is 0 Å². The lowest BCUT2D eigenvalue weighted by Crippen LogP contribution is -2.48. The molecule has 0 radical (unpaired) electrons. The number of hydrogen-bond acceptors (Lipinski definition) is 7. The summed E-state index contributed by atoms with van der Waals surface area (Å²) < 4.78 is 22.3. The van der Waals surface area contributed by atoms with E-state index in [9.17, 15) is 0 Å². The van der Waals surface area contributed by atoms with E-state index in [0.29, 0.717) is 18.7 Å². The molecule has 0 bridgehead atoms. The van der Waals surface area contributed by atoms with Crippen LogP contribution < -0.4 is 9.47 Å². The lowest BCUT2D eigenvalue weighted by Gasteiger charge is -2.39. The summed E-state index contributed by atoms with van der Waals surface area (Å²) in [7, 11) is 0. The standard InChI is InChI=1S/C18H21N3O4/c1-11-19-18(25-20-11)13-7-16-14(4-5-22-16)21(9-13)8-12-2-3-15-17(6-12)24-10-23-15/h2-3,6,13-14,16H,4-5,7-10H2,1H3/t13-,14-,16-/m1/s1. The van der Waals surface area contributed by atoms with Crippen LogP contribution in [-0.4, -0.2) is 47.1 Å². The SMILES string of the molecule is Cc1noc([C@@H]2C[C@H]3OCC[C@H]3N(Cc3ccc4c(c3)OCO4)C2)n1. The molecule has 0 saturated carbocycles. The van der Waals surface area contributed by atoms with Crippen LogP contribution in [0.15, 0.2) is 22.7 Å². The number of fused-ring (bicyclic) bond motifs is 2. The summed E-state index contributed by atoms with van der Waals surface area (Å²) in [5.74, 6) is 3.28. The van der Waals surface area contributed by atoms with Gasteiger partial charge in [0, 0.05) is 25.7 Å². The van der Waals surface area contributed by atoms with Gasteiger partial charge in [0.2, 0.25) is 12.7 Å². The van der Waals surface area contributed by atoms with Crippen LogP contribution >= 0.6 is 0 Å². The van der Waals surface area contributed by atoms with Crippen molar-refractivity contribution in [1.29, 1.82) is 0 Å². The highest BCUT2D eigenvalue weighted by atomic mass is 16.7. The first kappa shape index (κ1) is 15.2.